The highest BCUT2D eigenvalue weighted by Gasteiger charge is 2.16. The lowest BCUT2D eigenvalue weighted by Crippen LogP contribution is -2.41. The molecule has 0 radical (unpaired) electrons. The van der Waals surface area contributed by atoms with Crippen LogP contribution in [0.3, 0.4) is 0 Å². The van der Waals surface area contributed by atoms with Crippen LogP contribution in [0.2, 0.25) is 0 Å². The van der Waals surface area contributed by atoms with Crippen LogP contribution < -0.4 is 5.32 Å². The first kappa shape index (κ1) is 10.3. The fourth-order valence-electron chi connectivity index (χ4n) is 0.587. The number of aliphatic carboxylic acids is 1. The van der Waals surface area contributed by atoms with Crippen molar-refractivity contribution in [2.75, 3.05) is 12.0 Å². The average Bonchev–Trinajstić information content (AvgIpc) is 1.86. The molecular formula is C6H11NO3S. The Morgan fingerprint density at radius 2 is 2.18 bits per heavy atom. The van der Waals surface area contributed by atoms with E-state index in [-0.39, 0.29) is 5.91 Å². The first-order chi connectivity index (χ1) is 5.07. The number of carbonyl (C=O) groups is 2. The number of carboxylic acids is 1. The van der Waals surface area contributed by atoms with Gasteiger partial charge in [0.1, 0.15) is 6.04 Å². The van der Waals surface area contributed by atoms with Gasteiger partial charge in [0.2, 0.25) is 5.91 Å². The van der Waals surface area contributed by atoms with Gasteiger partial charge < -0.3 is 10.4 Å². The normalized spacial score (nSPS) is 12.2. The number of carbonyl (C=O) groups excluding carboxylic acids is 1. The van der Waals surface area contributed by atoms with Crippen molar-refractivity contribution in [3.05, 3.63) is 0 Å². The van der Waals surface area contributed by atoms with Gasteiger partial charge in [0.25, 0.3) is 0 Å². The molecule has 11 heavy (non-hydrogen) atoms. The number of hydrogen-bond donors (Lipinski definition) is 2. The van der Waals surface area contributed by atoms with E-state index in [0.29, 0.717) is 5.75 Å². The fraction of sp³-hybridized carbons (Fsp3) is 0.667. The van der Waals surface area contributed by atoms with Crippen molar-refractivity contribution in [2.45, 2.75) is 13.0 Å². The summed E-state index contributed by atoms with van der Waals surface area (Å²) in [6.45, 7) is 1.30. The zero-order chi connectivity index (χ0) is 8.85. The minimum atomic E-state index is -0.991. The van der Waals surface area contributed by atoms with Crippen LogP contribution >= 0.6 is 11.8 Å². The van der Waals surface area contributed by atoms with Gasteiger partial charge in [0.05, 0.1) is 0 Å². The highest BCUT2D eigenvalue weighted by Crippen LogP contribution is 1.96. The Kier molecular flexibility index (Phi) is 4.69. The van der Waals surface area contributed by atoms with Crippen molar-refractivity contribution in [1.29, 1.82) is 0 Å². The zero-order valence-electron chi connectivity index (χ0n) is 6.46. The van der Waals surface area contributed by atoms with Crippen LogP contribution in [-0.2, 0) is 9.59 Å². The monoisotopic (exact) mass is 177 g/mol. The fourth-order valence-corrected chi connectivity index (χ4v) is 1.15. The molecule has 5 heteroatoms. The Labute approximate surface area is 69.4 Å². The Hall–Kier alpha value is -0.710. The van der Waals surface area contributed by atoms with E-state index < -0.39 is 12.0 Å². The molecule has 0 unspecified atom stereocenters. The number of carboxylic acid groups (broad SMARTS) is 1. The minimum Gasteiger partial charge on any atom is -0.480 e. The number of thioether (sulfide) groups is 1. The van der Waals surface area contributed by atoms with Crippen molar-refractivity contribution in [3.63, 3.8) is 0 Å². The molecular weight excluding hydrogens is 166 g/mol. The van der Waals surface area contributed by atoms with Crippen molar-refractivity contribution >= 4 is 23.6 Å². The second-order valence-electron chi connectivity index (χ2n) is 2.05. The Bertz CT molecular complexity index is 160. The standard InChI is InChI=1S/C6H11NO3S/c1-4(8)7-5(3-11-2)6(9)10/h5H,3H2,1-2H3,(H,7,8)(H,9,10)/t5-/m0/s1. The molecule has 0 aliphatic carbocycles. The van der Waals surface area contributed by atoms with Crippen molar-refractivity contribution in [1.82, 2.24) is 5.32 Å². The van der Waals surface area contributed by atoms with E-state index in [4.69, 9.17) is 5.11 Å². The summed E-state index contributed by atoms with van der Waals surface area (Å²) in [7, 11) is 0. The topological polar surface area (TPSA) is 66.4 Å². The highest BCUT2D eigenvalue weighted by atomic mass is 32.2. The average molecular weight is 177 g/mol. The second-order valence-corrected chi connectivity index (χ2v) is 2.96. The largest absolute Gasteiger partial charge is 0.480 e. The number of amides is 1. The van der Waals surface area contributed by atoms with Gasteiger partial charge in [-0.25, -0.2) is 4.79 Å². The van der Waals surface area contributed by atoms with Gasteiger partial charge in [0, 0.05) is 12.7 Å². The van der Waals surface area contributed by atoms with Crippen LogP contribution in [0.4, 0.5) is 0 Å². The first-order valence-corrected chi connectivity index (χ1v) is 4.46. The Morgan fingerprint density at radius 1 is 1.64 bits per heavy atom. The summed E-state index contributed by atoms with van der Waals surface area (Å²) in [4.78, 5) is 20.8. The molecule has 4 nitrogen and oxygen atoms in total. The molecule has 0 saturated carbocycles. The van der Waals surface area contributed by atoms with Gasteiger partial charge in [0.15, 0.2) is 0 Å². The molecule has 0 bridgehead atoms. The smallest absolute Gasteiger partial charge is 0.327 e. The maximum atomic E-state index is 10.4. The minimum absolute atomic E-state index is 0.313. The lowest BCUT2D eigenvalue weighted by Gasteiger charge is -2.10. The molecule has 64 valence electrons. The summed E-state index contributed by atoms with van der Waals surface area (Å²) < 4.78 is 0. The SMILES string of the molecule is CSC[C@H](NC(C)=O)C(=O)O. The van der Waals surface area contributed by atoms with Crippen molar-refractivity contribution in [3.8, 4) is 0 Å². The van der Waals surface area contributed by atoms with Crippen LogP contribution in [0.15, 0.2) is 0 Å². The number of hydrogen-bond acceptors (Lipinski definition) is 3. The summed E-state index contributed by atoms with van der Waals surface area (Å²) in [6, 6.07) is -0.762. The van der Waals surface area contributed by atoms with Crippen LogP contribution in [0, 0.1) is 0 Å². The molecule has 0 fully saturated rings. The van der Waals surface area contributed by atoms with Gasteiger partial charge in [-0.05, 0) is 6.26 Å². The summed E-state index contributed by atoms with van der Waals surface area (Å²) in [6.07, 6.45) is 1.79. The lowest BCUT2D eigenvalue weighted by atomic mass is 10.3. The van der Waals surface area contributed by atoms with Gasteiger partial charge in [-0.2, -0.15) is 11.8 Å². The summed E-state index contributed by atoms with van der Waals surface area (Å²) in [5, 5.41) is 10.8. The van der Waals surface area contributed by atoms with Gasteiger partial charge in [-0.1, -0.05) is 0 Å². The van der Waals surface area contributed by atoms with E-state index in [1.54, 1.807) is 6.26 Å². The van der Waals surface area contributed by atoms with Crippen LogP contribution in [0.1, 0.15) is 6.92 Å². The van der Waals surface area contributed by atoms with E-state index in [2.05, 4.69) is 5.32 Å². The molecule has 0 heterocycles. The van der Waals surface area contributed by atoms with E-state index >= 15 is 0 Å². The molecule has 0 aromatic rings. The third-order valence-electron chi connectivity index (χ3n) is 1.01. The third kappa shape index (κ3) is 4.66. The van der Waals surface area contributed by atoms with Crippen molar-refractivity contribution in [2.24, 2.45) is 0 Å². The quantitative estimate of drug-likeness (QED) is 0.631. The van der Waals surface area contributed by atoms with Gasteiger partial charge >= 0.3 is 5.97 Å². The highest BCUT2D eigenvalue weighted by molar-refractivity contribution is 7.98. The Morgan fingerprint density at radius 3 is 2.45 bits per heavy atom. The Balaban J connectivity index is 3.89. The van der Waals surface area contributed by atoms with Crippen molar-refractivity contribution < 1.29 is 14.7 Å². The summed E-state index contributed by atoms with van der Waals surface area (Å²) in [5.74, 6) is -0.907. The maximum Gasteiger partial charge on any atom is 0.327 e. The molecule has 2 N–H and O–H groups in total. The van der Waals surface area contributed by atoms with E-state index in [0.717, 1.165) is 0 Å². The third-order valence-corrected chi connectivity index (χ3v) is 1.68. The van der Waals surface area contributed by atoms with Crippen LogP contribution in [0.5, 0.6) is 0 Å². The summed E-state index contributed by atoms with van der Waals surface area (Å²) >= 11 is 1.38. The van der Waals surface area contributed by atoms with Crippen LogP contribution in [0.25, 0.3) is 0 Å². The molecule has 0 spiro atoms. The molecule has 1 amide bonds. The first-order valence-electron chi connectivity index (χ1n) is 3.06. The summed E-state index contributed by atoms with van der Waals surface area (Å²) in [5.41, 5.74) is 0. The van der Waals surface area contributed by atoms with Crippen LogP contribution in [-0.4, -0.2) is 35.0 Å². The predicted molar refractivity (Wildman–Crippen MR) is 43.6 cm³/mol. The lowest BCUT2D eigenvalue weighted by molar-refractivity contribution is -0.140. The van der Waals surface area contributed by atoms with E-state index in [9.17, 15) is 9.59 Å². The van der Waals surface area contributed by atoms with Gasteiger partial charge in [-0.3, -0.25) is 4.79 Å². The van der Waals surface area contributed by atoms with E-state index in [1.165, 1.54) is 18.7 Å². The molecule has 0 aromatic carbocycles. The molecule has 0 aliphatic heterocycles. The molecule has 0 rings (SSSR count). The maximum absolute atomic E-state index is 10.4. The molecule has 0 aliphatic rings. The van der Waals surface area contributed by atoms with E-state index in [1.807, 2.05) is 0 Å². The van der Waals surface area contributed by atoms with Gasteiger partial charge in [-0.15, -0.1) is 0 Å². The second kappa shape index (κ2) is 5.01. The number of nitrogens with one attached hydrogen (secondary N) is 1. The molecule has 1 atom stereocenters. The number of rotatable bonds is 4. The molecule has 0 saturated heterocycles. The molecule has 0 aromatic heterocycles. The zero-order valence-corrected chi connectivity index (χ0v) is 7.27. The predicted octanol–water partition coefficient (Wildman–Crippen LogP) is -0.0613.